The van der Waals surface area contributed by atoms with E-state index in [0.717, 1.165) is 18.1 Å². The number of aldehydes is 2. The molecule has 0 fully saturated rings. The molecule has 70 valence electrons. The second kappa shape index (κ2) is 7.22. The van der Waals surface area contributed by atoms with Crippen molar-refractivity contribution in [3.8, 4) is 0 Å². The molecule has 0 amide bonds. The van der Waals surface area contributed by atoms with Crippen molar-refractivity contribution in [3.05, 3.63) is 35.5 Å². The summed E-state index contributed by atoms with van der Waals surface area (Å²) < 4.78 is 0. The van der Waals surface area contributed by atoms with E-state index in [-0.39, 0.29) is 0 Å². The maximum atomic E-state index is 10.2. The van der Waals surface area contributed by atoms with Gasteiger partial charge in [0.1, 0.15) is 12.6 Å². The molecule has 0 aliphatic rings. The summed E-state index contributed by atoms with van der Waals surface area (Å²) in [6.07, 6.45) is 9.28. The Balaban J connectivity index is 4.06. The van der Waals surface area contributed by atoms with Crippen molar-refractivity contribution in [2.24, 2.45) is 0 Å². The van der Waals surface area contributed by atoms with Crippen molar-refractivity contribution in [2.45, 2.75) is 20.3 Å². The third-order valence-electron chi connectivity index (χ3n) is 1.44. The molecule has 13 heavy (non-hydrogen) atoms. The summed E-state index contributed by atoms with van der Waals surface area (Å²) in [5, 5.41) is 0. The van der Waals surface area contributed by atoms with Crippen LogP contribution in [0.1, 0.15) is 20.3 Å². The van der Waals surface area contributed by atoms with Crippen molar-refractivity contribution in [1.82, 2.24) is 0 Å². The highest BCUT2D eigenvalue weighted by atomic mass is 16.1. The minimum Gasteiger partial charge on any atom is -0.303 e. The maximum absolute atomic E-state index is 10.2. The average Bonchev–Trinajstić information content (AvgIpc) is 2.12. The molecule has 0 aliphatic heterocycles. The molecule has 0 bridgehead atoms. The van der Waals surface area contributed by atoms with E-state index in [9.17, 15) is 9.59 Å². The molecular formula is C11H14O2. The zero-order valence-electron chi connectivity index (χ0n) is 7.99. The van der Waals surface area contributed by atoms with Crippen LogP contribution in [0.25, 0.3) is 0 Å². The van der Waals surface area contributed by atoms with Crippen molar-refractivity contribution < 1.29 is 9.59 Å². The Hall–Kier alpha value is -1.44. The fourth-order valence-corrected chi connectivity index (χ4v) is 0.666. The van der Waals surface area contributed by atoms with E-state index in [1.807, 2.05) is 19.1 Å². The number of carbonyl (C=O) groups is 2. The van der Waals surface area contributed by atoms with Crippen LogP contribution >= 0.6 is 0 Å². The summed E-state index contributed by atoms with van der Waals surface area (Å²) in [7, 11) is 0. The fourth-order valence-electron chi connectivity index (χ4n) is 0.666. The summed E-state index contributed by atoms with van der Waals surface area (Å²) in [6, 6.07) is 0. The first-order valence-electron chi connectivity index (χ1n) is 4.10. The van der Waals surface area contributed by atoms with Crippen LogP contribution in [0.3, 0.4) is 0 Å². The van der Waals surface area contributed by atoms with Crippen molar-refractivity contribution in [2.75, 3.05) is 0 Å². The monoisotopic (exact) mass is 178 g/mol. The van der Waals surface area contributed by atoms with Gasteiger partial charge < -0.3 is 4.79 Å². The number of rotatable bonds is 5. The van der Waals surface area contributed by atoms with Gasteiger partial charge in [0.15, 0.2) is 0 Å². The second-order valence-corrected chi connectivity index (χ2v) is 2.80. The molecule has 0 rings (SSSR count). The summed E-state index contributed by atoms with van der Waals surface area (Å²) in [4.78, 5) is 20.3. The van der Waals surface area contributed by atoms with Gasteiger partial charge in [-0.15, -0.1) is 0 Å². The normalized spacial score (nSPS) is 13.4. The smallest absolute Gasteiger partial charge is 0.145 e. The molecule has 0 saturated carbocycles. The van der Waals surface area contributed by atoms with E-state index in [2.05, 4.69) is 0 Å². The van der Waals surface area contributed by atoms with Crippen LogP contribution in [0.2, 0.25) is 0 Å². The Morgan fingerprint density at radius 2 is 1.69 bits per heavy atom. The molecule has 0 saturated heterocycles. The molecule has 0 unspecified atom stereocenters. The largest absolute Gasteiger partial charge is 0.303 e. The summed E-state index contributed by atoms with van der Waals surface area (Å²) in [5.41, 5.74) is 1.68. The third-order valence-corrected chi connectivity index (χ3v) is 1.44. The molecule has 0 radical (unpaired) electrons. The molecule has 2 heteroatoms. The first kappa shape index (κ1) is 11.6. The Morgan fingerprint density at radius 3 is 2.23 bits per heavy atom. The SMILES string of the molecule is CC(C=O)=C/C=C/C=C(\C)CC=O. The molecule has 2 nitrogen and oxygen atoms in total. The van der Waals surface area contributed by atoms with E-state index < -0.39 is 0 Å². The molecule has 0 aromatic rings. The van der Waals surface area contributed by atoms with Crippen LogP contribution in [0.5, 0.6) is 0 Å². The van der Waals surface area contributed by atoms with Gasteiger partial charge in [0.25, 0.3) is 0 Å². The van der Waals surface area contributed by atoms with Gasteiger partial charge in [-0.3, -0.25) is 4.79 Å². The van der Waals surface area contributed by atoms with Gasteiger partial charge in [0, 0.05) is 6.42 Å². The Morgan fingerprint density at radius 1 is 1.08 bits per heavy atom. The predicted molar refractivity (Wildman–Crippen MR) is 53.4 cm³/mol. The zero-order chi connectivity index (χ0) is 10.1. The van der Waals surface area contributed by atoms with Crippen LogP contribution in [0.15, 0.2) is 35.5 Å². The second-order valence-electron chi connectivity index (χ2n) is 2.80. The van der Waals surface area contributed by atoms with E-state index in [0.29, 0.717) is 12.0 Å². The van der Waals surface area contributed by atoms with E-state index in [1.54, 1.807) is 19.1 Å². The molecule has 0 aromatic carbocycles. The predicted octanol–water partition coefficient (Wildman–Crippen LogP) is 2.22. The molecule has 0 aromatic heterocycles. The van der Waals surface area contributed by atoms with E-state index in [1.165, 1.54) is 0 Å². The lowest BCUT2D eigenvalue weighted by atomic mass is 10.2. The van der Waals surface area contributed by atoms with Crippen LogP contribution in [-0.2, 0) is 9.59 Å². The minimum atomic E-state index is 0.459. The maximum Gasteiger partial charge on any atom is 0.145 e. The Labute approximate surface area is 78.6 Å². The molecule has 0 spiro atoms. The Kier molecular flexibility index (Phi) is 6.42. The Bertz CT molecular complexity index is 257. The van der Waals surface area contributed by atoms with Gasteiger partial charge in [-0.2, -0.15) is 0 Å². The summed E-state index contributed by atoms with van der Waals surface area (Å²) >= 11 is 0. The van der Waals surface area contributed by atoms with Crippen LogP contribution in [-0.4, -0.2) is 12.6 Å². The van der Waals surface area contributed by atoms with Crippen LogP contribution < -0.4 is 0 Å². The number of allylic oxidation sites excluding steroid dienone is 6. The highest BCUT2D eigenvalue weighted by Gasteiger charge is 1.82. The van der Waals surface area contributed by atoms with Crippen molar-refractivity contribution in [1.29, 1.82) is 0 Å². The van der Waals surface area contributed by atoms with Gasteiger partial charge in [0.05, 0.1) is 0 Å². The molecule has 0 aliphatic carbocycles. The average molecular weight is 178 g/mol. The lowest BCUT2D eigenvalue weighted by Crippen LogP contribution is -1.76. The van der Waals surface area contributed by atoms with Gasteiger partial charge in [-0.05, 0) is 19.4 Å². The number of carbonyl (C=O) groups excluding carboxylic acids is 2. The van der Waals surface area contributed by atoms with Gasteiger partial charge in [0.2, 0.25) is 0 Å². The minimum absolute atomic E-state index is 0.459. The molecule has 0 N–H and O–H groups in total. The zero-order valence-corrected chi connectivity index (χ0v) is 7.99. The molecule has 0 atom stereocenters. The van der Waals surface area contributed by atoms with Crippen LogP contribution in [0.4, 0.5) is 0 Å². The van der Waals surface area contributed by atoms with Crippen molar-refractivity contribution >= 4 is 12.6 Å². The lowest BCUT2D eigenvalue weighted by molar-refractivity contribution is -0.107. The highest BCUT2D eigenvalue weighted by molar-refractivity contribution is 5.72. The molecular weight excluding hydrogens is 164 g/mol. The quantitative estimate of drug-likeness (QED) is 0.367. The fraction of sp³-hybridized carbons (Fsp3) is 0.273. The van der Waals surface area contributed by atoms with Crippen molar-refractivity contribution in [3.63, 3.8) is 0 Å². The van der Waals surface area contributed by atoms with Gasteiger partial charge >= 0.3 is 0 Å². The summed E-state index contributed by atoms with van der Waals surface area (Å²) in [5.74, 6) is 0. The number of hydrogen-bond donors (Lipinski definition) is 0. The lowest BCUT2D eigenvalue weighted by Gasteiger charge is -1.87. The van der Waals surface area contributed by atoms with Gasteiger partial charge in [-0.25, -0.2) is 0 Å². The van der Waals surface area contributed by atoms with E-state index in [4.69, 9.17) is 0 Å². The number of hydrogen-bond acceptors (Lipinski definition) is 2. The first-order valence-corrected chi connectivity index (χ1v) is 4.10. The first-order chi connectivity index (χ1) is 6.20. The highest BCUT2D eigenvalue weighted by Crippen LogP contribution is 1.97. The van der Waals surface area contributed by atoms with Crippen LogP contribution in [0, 0.1) is 0 Å². The van der Waals surface area contributed by atoms with Gasteiger partial charge in [-0.1, -0.05) is 29.9 Å². The van der Waals surface area contributed by atoms with E-state index >= 15 is 0 Å². The third kappa shape index (κ3) is 6.94. The summed E-state index contributed by atoms with van der Waals surface area (Å²) in [6.45, 7) is 3.62. The standard InChI is InChI=1S/C11H14O2/c1-10(7-8-12)5-3-4-6-11(2)9-13/h3-6,8-9H,7H2,1-2H3/b4-3+,10-5+,11-6?. The molecule has 0 heterocycles. The topological polar surface area (TPSA) is 34.1 Å².